The number of ether oxygens (including phenoxy) is 2. The van der Waals surface area contributed by atoms with E-state index in [2.05, 4.69) is 0 Å². The number of aliphatic hydroxyl groups is 4. The quantitative estimate of drug-likeness (QED) is 0.359. The number of hydrogen-bond acceptors (Lipinski definition) is 7. The fourth-order valence-corrected chi connectivity index (χ4v) is 3.93. The summed E-state index contributed by atoms with van der Waals surface area (Å²) in [5.41, 5.74) is -0.924. The van der Waals surface area contributed by atoms with Crippen LogP contribution in [-0.4, -0.2) is 69.1 Å². The van der Waals surface area contributed by atoms with Crippen molar-refractivity contribution in [3.05, 3.63) is 12.2 Å². The molecule has 2 heterocycles. The second kappa shape index (κ2) is 8.04. The molecule has 0 saturated carbocycles. The van der Waals surface area contributed by atoms with Crippen LogP contribution in [0.25, 0.3) is 0 Å². The average Bonchev–Trinajstić information content (AvgIpc) is 3.29. The van der Waals surface area contributed by atoms with Gasteiger partial charge in [0, 0.05) is 12.3 Å². The Morgan fingerprint density at radius 2 is 2.08 bits per heavy atom. The number of hydrogen-bond donors (Lipinski definition) is 4. The summed E-state index contributed by atoms with van der Waals surface area (Å²) < 4.78 is 11.0. The highest BCUT2D eigenvalue weighted by Crippen LogP contribution is 2.47. The first-order valence-electron chi connectivity index (χ1n) is 9.31. The van der Waals surface area contributed by atoms with Gasteiger partial charge in [0.15, 0.2) is 5.79 Å². The summed E-state index contributed by atoms with van der Waals surface area (Å²) in [5, 5.41) is 40.9. The van der Waals surface area contributed by atoms with E-state index < -0.39 is 47.8 Å². The first kappa shape index (κ1) is 21.5. The minimum absolute atomic E-state index is 0.0669. The molecule has 8 atom stereocenters. The van der Waals surface area contributed by atoms with E-state index in [0.29, 0.717) is 6.42 Å². The lowest BCUT2D eigenvalue weighted by Crippen LogP contribution is -2.53. The first-order chi connectivity index (χ1) is 12.1. The number of Topliss-reactive ketones (excluding diaryl/α,β-unsaturated/α-hetero) is 1. The summed E-state index contributed by atoms with van der Waals surface area (Å²) in [6.45, 7) is 6.61. The molecule has 4 N–H and O–H groups in total. The van der Waals surface area contributed by atoms with Gasteiger partial charge < -0.3 is 29.9 Å². The Labute approximate surface area is 154 Å². The van der Waals surface area contributed by atoms with Crippen molar-refractivity contribution >= 4 is 5.78 Å². The highest BCUT2D eigenvalue weighted by atomic mass is 16.6. The molecule has 7 heteroatoms. The number of aliphatic hydroxyl groups excluding tert-OH is 3. The van der Waals surface area contributed by atoms with Crippen molar-refractivity contribution < 1.29 is 34.7 Å². The first-order valence-corrected chi connectivity index (χ1v) is 9.31. The molecule has 0 aromatic rings. The topological polar surface area (TPSA) is 120 Å². The van der Waals surface area contributed by atoms with Crippen LogP contribution in [0.5, 0.6) is 0 Å². The third kappa shape index (κ3) is 4.03. The van der Waals surface area contributed by atoms with E-state index in [0.717, 1.165) is 0 Å². The molecule has 2 aliphatic rings. The second-order valence-electron chi connectivity index (χ2n) is 7.73. The van der Waals surface area contributed by atoms with E-state index in [9.17, 15) is 25.2 Å². The maximum absolute atomic E-state index is 12.8. The van der Waals surface area contributed by atoms with Crippen molar-refractivity contribution in [2.24, 2.45) is 17.8 Å². The summed E-state index contributed by atoms with van der Waals surface area (Å²) in [4.78, 5) is 12.8. The SMILES string of the molecule is CC=CC(C)C1OC1(C)C(O)C(CO)C(=O)C1COC(O)(CC)CC1O. The molecule has 2 saturated heterocycles. The summed E-state index contributed by atoms with van der Waals surface area (Å²) in [6.07, 6.45) is 1.55. The molecular formula is C19H32O7. The van der Waals surface area contributed by atoms with Crippen molar-refractivity contribution in [3.8, 4) is 0 Å². The van der Waals surface area contributed by atoms with E-state index in [1.54, 1.807) is 13.8 Å². The highest BCUT2D eigenvalue weighted by Gasteiger charge is 2.62. The summed E-state index contributed by atoms with van der Waals surface area (Å²) >= 11 is 0. The smallest absolute Gasteiger partial charge is 0.167 e. The Morgan fingerprint density at radius 1 is 1.42 bits per heavy atom. The van der Waals surface area contributed by atoms with Crippen molar-refractivity contribution in [1.82, 2.24) is 0 Å². The standard InChI is InChI=1S/C19H32O7/c1-5-7-11(3)17-18(4,26-17)16(23)12(9-20)15(22)13-10-25-19(24,6-2)8-14(13)21/h5,7,11-14,16-17,20-21,23-24H,6,8-10H2,1-4H3. The predicted octanol–water partition coefficient (Wildman–Crippen LogP) is 0.391. The van der Waals surface area contributed by atoms with Gasteiger partial charge in [0.25, 0.3) is 0 Å². The molecule has 0 spiro atoms. The molecule has 0 aromatic carbocycles. The maximum Gasteiger partial charge on any atom is 0.167 e. The second-order valence-corrected chi connectivity index (χ2v) is 7.73. The fourth-order valence-electron chi connectivity index (χ4n) is 3.93. The molecule has 0 aromatic heterocycles. The average molecular weight is 372 g/mol. The van der Waals surface area contributed by atoms with Gasteiger partial charge in [-0.1, -0.05) is 26.0 Å². The predicted molar refractivity (Wildman–Crippen MR) is 94.2 cm³/mol. The van der Waals surface area contributed by atoms with Crippen molar-refractivity contribution in [2.45, 2.75) is 70.2 Å². The van der Waals surface area contributed by atoms with Crippen LogP contribution >= 0.6 is 0 Å². The Bertz CT molecular complexity index is 536. The zero-order valence-electron chi connectivity index (χ0n) is 16.0. The summed E-state index contributed by atoms with van der Waals surface area (Å²) in [7, 11) is 0. The van der Waals surface area contributed by atoms with Gasteiger partial charge in [0.1, 0.15) is 11.4 Å². The molecule has 8 unspecified atom stereocenters. The van der Waals surface area contributed by atoms with Crippen LogP contribution in [0.3, 0.4) is 0 Å². The van der Waals surface area contributed by atoms with E-state index in [-0.39, 0.29) is 25.0 Å². The Kier molecular flexibility index (Phi) is 6.64. The summed E-state index contributed by atoms with van der Waals surface area (Å²) in [6, 6.07) is 0. The van der Waals surface area contributed by atoms with Crippen LogP contribution in [0.15, 0.2) is 12.2 Å². The lowest BCUT2D eigenvalue weighted by Gasteiger charge is -2.39. The number of carbonyl (C=O) groups excluding carboxylic acids is 1. The molecule has 2 aliphatic heterocycles. The third-order valence-electron chi connectivity index (χ3n) is 5.83. The fraction of sp³-hybridized carbons (Fsp3) is 0.842. The maximum atomic E-state index is 12.8. The monoisotopic (exact) mass is 372 g/mol. The minimum Gasteiger partial charge on any atom is -0.396 e. The Morgan fingerprint density at radius 3 is 2.58 bits per heavy atom. The van der Waals surface area contributed by atoms with Crippen LogP contribution in [0.2, 0.25) is 0 Å². The van der Waals surface area contributed by atoms with Crippen molar-refractivity contribution in [2.75, 3.05) is 13.2 Å². The van der Waals surface area contributed by atoms with Gasteiger partial charge in [-0.15, -0.1) is 0 Å². The van der Waals surface area contributed by atoms with E-state index in [4.69, 9.17) is 9.47 Å². The molecule has 26 heavy (non-hydrogen) atoms. The molecule has 2 fully saturated rings. The third-order valence-corrected chi connectivity index (χ3v) is 5.83. The number of epoxide rings is 1. The molecular weight excluding hydrogens is 340 g/mol. The van der Waals surface area contributed by atoms with Crippen LogP contribution < -0.4 is 0 Å². The van der Waals surface area contributed by atoms with Crippen LogP contribution in [0, 0.1) is 17.8 Å². The van der Waals surface area contributed by atoms with Gasteiger partial charge >= 0.3 is 0 Å². The molecule has 150 valence electrons. The van der Waals surface area contributed by atoms with Gasteiger partial charge in [-0.3, -0.25) is 4.79 Å². The van der Waals surface area contributed by atoms with Crippen LogP contribution in [-0.2, 0) is 14.3 Å². The number of carbonyl (C=O) groups is 1. The van der Waals surface area contributed by atoms with Gasteiger partial charge in [0.05, 0.1) is 43.4 Å². The number of rotatable bonds is 8. The van der Waals surface area contributed by atoms with E-state index >= 15 is 0 Å². The van der Waals surface area contributed by atoms with Crippen LogP contribution in [0.4, 0.5) is 0 Å². The normalized spacial score (nSPS) is 41.0. The van der Waals surface area contributed by atoms with Gasteiger partial charge in [-0.2, -0.15) is 0 Å². The van der Waals surface area contributed by atoms with Crippen molar-refractivity contribution in [1.29, 1.82) is 0 Å². The molecule has 0 bridgehead atoms. The molecule has 2 rings (SSSR count). The van der Waals surface area contributed by atoms with E-state index in [1.165, 1.54) is 0 Å². The molecule has 0 amide bonds. The molecule has 0 aliphatic carbocycles. The molecule has 7 nitrogen and oxygen atoms in total. The number of allylic oxidation sites excluding steroid dienone is 1. The minimum atomic E-state index is -1.44. The molecule has 0 radical (unpaired) electrons. The van der Waals surface area contributed by atoms with Crippen molar-refractivity contribution in [3.63, 3.8) is 0 Å². The van der Waals surface area contributed by atoms with Crippen LogP contribution in [0.1, 0.15) is 40.5 Å². The number of ketones is 1. The van der Waals surface area contributed by atoms with Gasteiger partial charge in [-0.05, 0) is 20.3 Å². The lowest BCUT2D eigenvalue weighted by atomic mass is 9.78. The highest BCUT2D eigenvalue weighted by molar-refractivity contribution is 5.85. The Balaban J connectivity index is 2.07. The zero-order valence-corrected chi connectivity index (χ0v) is 16.0. The van der Waals surface area contributed by atoms with Gasteiger partial charge in [0.2, 0.25) is 0 Å². The summed E-state index contributed by atoms with van der Waals surface area (Å²) in [5.74, 6) is -3.83. The largest absolute Gasteiger partial charge is 0.396 e. The van der Waals surface area contributed by atoms with E-state index in [1.807, 2.05) is 26.0 Å². The lowest BCUT2D eigenvalue weighted by molar-refractivity contribution is -0.258. The Hall–Kier alpha value is -0.830. The van der Waals surface area contributed by atoms with Gasteiger partial charge in [-0.25, -0.2) is 0 Å². The zero-order chi connectivity index (χ0) is 19.7.